The Bertz CT molecular complexity index is 1030. The minimum Gasteiger partial charge on any atom is -0.423 e. The first-order valence-electron chi connectivity index (χ1n) is 8.54. The Hall–Kier alpha value is -2.81. The number of amides is 1. The van der Waals surface area contributed by atoms with Crippen molar-refractivity contribution in [3.63, 3.8) is 0 Å². The van der Waals surface area contributed by atoms with E-state index in [2.05, 4.69) is 10.3 Å². The van der Waals surface area contributed by atoms with Crippen LogP contribution in [0.2, 0.25) is 0 Å². The molecule has 0 fully saturated rings. The predicted octanol–water partition coefficient (Wildman–Crippen LogP) is 1.27. The summed E-state index contributed by atoms with van der Waals surface area (Å²) in [7, 11) is -1.32. The van der Waals surface area contributed by atoms with Gasteiger partial charge in [0.1, 0.15) is 5.82 Å². The molecule has 1 unspecified atom stereocenters. The number of nitrogens with zero attached hydrogens (tertiary/aromatic N) is 1. The maximum atomic E-state index is 14.9. The van der Waals surface area contributed by atoms with Crippen molar-refractivity contribution in [1.82, 2.24) is 4.98 Å². The number of nitrogens with two attached hydrogens (primary N) is 1. The van der Waals surface area contributed by atoms with E-state index in [1.54, 1.807) is 24.5 Å². The Morgan fingerprint density at radius 3 is 3.00 bits per heavy atom. The smallest absolute Gasteiger partial charge is 0.423 e. The van der Waals surface area contributed by atoms with Crippen LogP contribution >= 0.6 is 0 Å². The molecule has 27 heavy (non-hydrogen) atoms. The number of halogens is 1. The van der Waals surface area contributed by atoms with Crippen LogP contribution in [-0.4, -0.2) is 29.6 Å². The van der Waals surface area contributed by atoms with Crippen LogP contribution in [0.3, 0.4) is 0 Å². The zero-order valence-corrected chi connectivity index (χ0v) is 14.4. The third kappa shape index (κ3) is 3.19. The van der Waals surface area contributed by atoms with Gasteiger partial charge < -0.3 is 20.7 Å². The number of carbonyl (C=O) groups is 1. The summed E-state index contributed by atoms with van der Waals surface area (Å²) in [5.41, 5.74) is 7.15. The predicted molar refractivity (Wildman–Crippen MR) is 101 cm³/mol. The van der Waals surface area contributed by atoms with Crippen LogP contribution in [0.5, 0.6) is 0 Å². The second kappa shape index (κ2) is 7.07. The Morgan fingerprint density at radius 2 is 2.19 bits per heavy atom. The molecule has 8 heteroatoms. The molecular weight excluding hydrogens is 348 g/mol. The number of aromatic nitrogens is 1. The lowest BCUT2D eigenvalue weighted by Gasteiger charge is -2.18. The topological polar surface area (TPSA) is 97.5 Å². The number of hydrogen-bond donors (Lipinski definition) is 3. The number of fused-ring (bicyclic) bond motifs is 2. The second-order valence-corrected chi connectivity index (χ2v) is 6.42. The molecular formula is C19H17BFN3O3. The van der Waals surface area contributed by atoms with Crippen LogP contribution in [0.25, 0.3) is 10.8 Å². The highest BCUT2D eigenvalue weighted by atomic mass is 19.1. The van der Waals surface area contributed by atoms with Crippen molar-refractivity contribution in [2.45, 2.75) is 12.5 Å². The van der Waals surface area contributed by atoms with Crippen LogP contribution in [0.15, 0.2) is 48.8 Å². The lowest BCUT2D eigenvalue weighted by Crippen LogP contribution is -2.35. The maximum absolute atomic E-state index is 14.9. The fraction of sp³-hybridized carbons (Fsp3) is 0.158. The molecule has 3 aromatic rings. The molecule has 6 nitrogen and oxygen atoms in total. The third-order valence-electron chi connectivity index (χ3n) is 4.78. The van der Waals surface area contributed by atoms with Crippen LogP contribution in [-0.2, 0) is 16.1 Å². The number of hydrogen-bond acceptors (Lipinski definition) is 5. The monoisotopic (exact) mass is 365 g/mol. The van der Waals surface area contributed by atoms with Crippen molar-refractivity contribution in [1.29, 1.82) is 0 Å². The highest BCUT2D eigenvalue weighted by Gasteiger charge is 2.34. The largest absolute Gasteiger partial charge is 0.494 e. The molecule has 0 saturated carbocycles. The van der Waals surface area contributed by atoms with E-state index in [1.165, 1.54) is 6.07 Å². The summed E-state index contributed by atoms with van der Waals surface area (Å²) in [4.78, 5) is 16.8. The van der Waals surface area contributed by atoms with E-state index in [9.17, 15) is 14.2 Å². The molecule has 0 aliphatic carbocycles. The zero-order chi connectivity index (χ0) is 19.0. The number of rotatable bonds is 4. The molecule has 2 aromatic carbocycles. The van der Waals surface area contributed by atoms with Crippen LogP contribution in [0.4, 0.5) is 10.1 Å². The van der Waals surface area contributed by atoms with E-state index in [-0.39, 0.29) is 24.2 Å². The van der Waals surface area contributed by atoms with Crippen molar-refractivity contribution < 1.29 is 18.9 Å². The molecule has 1 aliphatic heterocycles. The Labute approximate surface area is 155 Å². The van der Waals surface area contributed by atoms with Gasteiger partial charge in [-0.2, -0.15) is 0 Å². The quantitative estimate of drug-likeness (QED) is 0.605. The van der Waals surface area contributed by atoms with Gasteiger partial charge in [0, 0.05) is 41.0 Å². The van der Waals surface area contributed by atoms with Gasteiger partial charge in [-0.15, -0.1) is 0 Å². The van der Waals surface area contributed by atoms with Gasteiger partial charge in [0.05, 0.1) is 12.5 Å². The minimum atomic E-state index is -1.32. The van der Waals surface area contributed by atoms with Gasteiger partial charge in [0.15, 0.2) is 0 Å². The van der Waals surface area contributed by atoms with Crippen molar-refractivity contribution >= 4 is 34.9 Å². The summed E-state index contributed by atoms with van der Waals surface area (Å²) in [6.07, 6.45) is 3.40. The van der Waals surface area contributed by atoms with E-state index in [1.807, 2.05) is 18.2 Å². The van der Waals surface area contributed by atoms with E-state index < -0.39 is 24.8 Å². The summed E-state index contributed by atoms with van der Waals surface area (Å²) in [5, 5.41) is 14.5. The van der Waals surface area contributed by atoms with Crippen molar-refractivity contribution in [2.75, 3.05) is 11.9 Å². The standard InChI is InChI=1S/C19H17BFN3O3/c21-18-15(4-2-13-10-27-20(26)17(13)18)16(8-22)19(25)24-14-3-1-12-9-23-6-5-11(12)7-14/h1-7,9,16,26H,8,10,22H2,(H,24,25). The average molecular weight is 365 g/mol. The van der Waals surface area contributed by atoms with E-state index in [0.717, 1.165) is 10.8 Å². The maximum Gasteiger partial charge on any atom is 0.494 e. The van der Waals surface area contributed by atoms with Gasteiger partial charge in [0.25, 0.3) is 0 Å². The van der Waals surface area contributed by atoms with Crippen molar-refractivity contribution in [2.24, 2.45) is 5.73 Å². The van der Waals surface area contributed by atoms with E-state index >= 15 is 0 Å². The third-order valence-corrected chi connectivity index (χ3v) is 4.78. The fourth-order valence-electron chi connectivity index (χ4n) is 3.33. The van der Waals surface area contributed by atoms with E-state index in [4.69, 9.17) is 10.4 Å². The molecule has 1 aromatic heterocycles. The number of pyridine rings is 1. The summed E-state index contributed by atoms with van der Waals surface area (Å²) < 4.78 is 19.9. The number of nitrogens with one attached hydrogen (secondary N) is 1. The van der Waals surface area contributed by atoms with Gasteiger partial charge in [-0.1, -0.05) is 18.2 Å². The second-order valence-electron chi connectivity index (χ2n) is 6.42. The molecule has 1 atom stereocenters. The summed E-state index contributed by atoms with van der Waals surface area (Å²) in [5.74, 6) is -1.96. The normalized spacial score (nSPS) is 14.3. The summed E-state index contributed by atoms with van der Waals surface area (Å²) in [6.45, 7) is 0.0646. The lowest BCUT2D eigenvalue weighted by atomic mass is 9.76. The van der Waals surface area contributed by atoms with Crippen LogP contribution < -0.4 is 16.5 Å². The highest BCUT2D eigenvalue weighted by molar-refractivity contribution is 6.61. The molecule has 0 spiro atoms. The molecule has 136 valence electrons. The van der Waals surface area contributed by atoms with Crippen molar-refractivity contribution in [3.8, 4) is 0 Å². The van der Waals surface area contributed by atoms with E-state index in [0.29, 0.717) is 11.3 Å². The first-order valence-corrected chi connectivity index (χ1v) is 8.54. The minimum absolute atomic E-state index is 0.0734. The van der Waals surface area contributed by atoms with Gasteiger partial charge in [0.2, 0.25) is 5.91 Å². The van der Waals surface area contributed by atoms with Gasteiger partial charge in [-0.3, -0.25) is 9.78 Å². The SMILES string of the molecule is NCC(C(=O)Nc1ccc2cnccc2c1)c1ccc2c(c1F)B(O)OC2. The van der Waals surface area contributed by atoms with Crippen LogP contribution in [0.1, 0.15) is 17.0 Å². The number of carbonyl (C=O) groups excluding carboxylic acids is 1. The highest BCUT2D eigenvalue weighted by Crippen LogP contribution is 2.24. The first kappa shape index (κ1) is 17.6. The molecule has 2 heterocycles. The molecule has 4 rings (SSSR count). The molecule has 0 radical (unpaired) electrons. The molecule has 1 amide bonds. The van der Waals surface area contributed by atoms with Crippen LogP contribution in [0, 0.1) is 5.82 Å². The Kier molecular flexibility index (Phi) is 4.61. The Balaban J connectivity index is 1.62. The van der Waals surface area contributed by atoms with Gasteiger partial charge in [-0.25, -0.2) is 4.39 Å². The first-order chi connectivity index (χ1) is 13.1. The Morgan fingerprint density at radius 1 is 1.33 bits per heavy atom. The lowest BCUT2D eigenvalue weighted by molar-refractivity contribution is -0.117. The summed E-state index contributed by atoms with van der Waals surface area (Å²) >= 11 is 0. The van der Waals surface area contributed by atoms with Gasteiger partial charge >= 0.3 is 7.12 Å². The zero-order valence-electron chi connectivity index (χ0n) is 14.4. The summed E-state index contributed by atoms with van der Waals surface area (Å²) in [6, 6.07) is 10.4. The molecule has 0 bridgehead atoms. The number of benzene rings is 2. The van der Waals surface area contributed by atoms with Gasteiger partial charge in [-0.05, 0) is 29.1 Å². The van der Waals surface area contributed by atoms with Crippen molar-refractivity contribution in [3.05, 3.63) is 65.7 Å². The molecule has 4 N–H and O–H groups in total. The molecule has 0 saturated heterocycles. The number of anilines is 1. The average Bonchev–Trinajstić information content (AvgIpc) is 3.05. The fourth-order valence-corrected chi connectivity index (χ4v) is 3.33. The molecule has 1 aliphatic rings.